The van der Waals surface area contributed by atoms with Gasteiger partial charge in [-0.25, -0.2) is 9.97 Å². The Kier molecular flexibility index (Phi) is 6.30. The molecule has 0 radical (unpaired) electrons. The van der Waals surface area contributed by atoms with E-state index in [0.29, 0.717) is 43.2 Å². The molecular weight excluding hydrogens is 406 g/mol. The second-order valence-corrected chi connectivity index (χ2v) is 8.66. The highest BCUT2D eigenvalue weighted by Crippen LogP contribution is 2.34. The predicted octanol–water partition coefficient (Wildman–Crippen LogP) is 2.82. The molecule has 1 aromatic heterocycles. The molecule has 1 aromatic carbocycles. The molecule has 0 saturated carbocycles. The molecule has 8 nitrogen and oxygen atoms in total. The van der Waals surface area contributed by atoms with Crippen molar-refractivity contribution in [2.24, 2.45) is 0 Å². The van der Waals surface area contributed by atoms with Gasteiger partial charge in [0, 0.05) is 51.7 Å². The van der Waals surface area contributed by atoms with Crippen LogP contribution in [0, 0.1) is 0 Å². The Morgan fingerprint density at radius 3 is 2.69 bits per heavy atom. The topological polar surface area (TPSA) is 78.9 Å². The number of methoxy groups -OCH3 is 1. The van der Waals surface area contributed by atoms with Gasteiger partial charge in [-0.2, -0.15) is 0 Å². The van der Waals surface area contributed by atoms with Crippen LogP contribution < -0.4 is 9.64 Å². The number of amides is 2. The molecule has 4 rings (SSSR count). The molecule has 2 aliphatic heterocycles. The number of rotatable bonds is 4. The second kappa shape index (κ2) is 9.14. The first-order valence-electron chi connectivity index (χ1n) is 11.2. The summed E-state index contributed by atoms with van der Waals surface area (Å²) in [5, 5.41) is 0. The number of aromatic nitrogens is 2. The standard InChI is InChI=1S/C24H31N5O3/c1-16(30)28-13-11-20-19(15-28)23(27(2)3)26-22(25-20)21-10-5-6-12-29(21)24(31)17-8-7-9-18(14-17)32-4/h7-9,14,21H,5-6,10-13,15H2,1-4H3/t21-/m0/s1. The maximum absolute atomic E-state index is 13.4. The summed E-state index contributed by atoms with van der Waals surface area (Å²) >= 11 is 0. The molecule has 8 heteroatoms. The second-order valence-electron chi connectivity index (χ2n) is 8.66. The van der Waals surface area contributed by atoms with E-state index >= 15 is 0 Å². The first-order chi connectivity index (χ1) is 15.4. The highest BCUT2D eigenvalue weighted by atomic mass is 16.5. The van der Waals surface area contributed by atoms with E-state index in [0.717, 1.165) is 36.3 Å². The number of ether oxygens (including phenoxy) is 1. The Morgan fingerprint density at radius 1 is 1.16 bits per heavy atom. The molecule has 2 aliphatic rings. The number of hydrogen-bond donors (Lipinski definition) is 0. The van der Waals surface area contributed by atoms with Gasteiger partial charge in [-0.15, -0.1) is 0 Å². The minimum atomic E-state index is -0.169. The van der Waals surface area contributed by atoms with Crippen LogP contribution in [0.2, 0.25) is 0 Å². The lowest BCUT2D eigenvalue weighted by Gasteiger charge is -2.36. The SMILES string of the molecule is COc1cccc(C(=O)N2CCCC[C@H]2c2nc3c(c(N(C)C)n2)CN(C(C)=O)CC3)c1. The monoisotopic (exact) mass is 437 g/mol. The quantitative estimate of drug-likeness (QED) is 0.732. The van der Waals surface area contributed by atoms with Gasteiger partial charge in [-0.1, -0.05) is 6.07 Å². The average molecular weight is 438 g/mol. The number of piperidine rings is 1. The lowest BCUT2D eigenvalue weighted by atomic mass is 9.98. The zero-order valence-corrected chi connectivity index (χ0v) is 19.3. The third-order valence-corrected chi connectivity index (χ3v) is 6.30. The Morgan fingerprint density at radius 2 is 1.97 bits per heavy atom. The Hall–Kier alpha value is -3.16. The fourth-order valence-electron chi connectivity index (χ4n) is 4.57. The van der Waals surface area contributed by atoms with Crippen molar-refractivity contribution in [1.29, 1.82) is 0 Å². The highest BCUT2D eigenvalue weighted by molar-refractivity contribution is 5.95. The Balaban J connectivity index is 1.70. The van der Waals surface area contributed by atoms with Crippen LogP contribution in [0.3, 0.4) is 0 Å². The van der Waals surface area contributed by atoms with E-state index < -0.39 is 0 Å². The molecule has 0 unspecified atom stereocenters. The van der Waals surface area contributed by atoms with Crippen molar-refractivity contribution in [2.75, 3.05) is 39.2 Å². The van der Waals surface area contributed by atoms with Gasteiger partial charge in [-0.05, 0) is 37.5 Å². The van der Waals surface area contributed by atoms with Crippen molar-refractivity contribution in [3.8, 4) is 5.75 Å². The van der Waals surface area contributed by atoms with Gasteiger partial charge >= 0.3 is 0 Å². The van der Waals surface area contributed by atoms with E-state index in [1.165, 1.54) is 0 Å². The fraction of sp³-hybridized carbons (Fsp3) is 0.500. The molecule has 170 valence electrons. The molecule has 2 aromatic rings. The van der Waals surface area contributed by atoms with Crippen LogP contribution in [0.4, 0.5) is 5.82 Å². The molecule has 0 spiro atoms. The average Bonchev–Trinajstić information content (AvgIpc) is 2.82. The van der Waals surface area contributed by atoms with Crippen LogP contribution in [0.1, 0.15) is 59.7 Å². The summed E-state index contributed by atoms with van der Waals surface area (Å²) in [7, 11) is 5.52. The molecule has 1 saturated heterocycles. The number of nitrogens with zero attached hydrogens (tertiary/aromatic N) is 5. The van der Waals surface area contributed by atoms with Crippen molar-refractivity contribution < 1.29 is 14.3 Å². The van der Waals surface area contributed by atoms with Crippen LogP contribution in [0.5, 0.6) is 5.75 Å². The molecule has 32 heavy (non-hydrogen) atoms. The first kappa shape index (κ1) is 22.0. The molecule has 0 aliphatic carbocycles. The van der Waals surface area contributed by atoms with E-state index in [1.807, 2.05) is 47.0 Å². The number of anilines is 1. The maximum atomic E-state index is 13.4. The zero-order valence-electron chi connectivity index (χ0n) is 19.3. The normalized spacial score (nSPS) is 18.2. The van der Waals surface area contributed by atoms with Gasteiger partial charge in [0.1, 0.15) is 11.6 Å². The Bertz CT molecular complexity index is 1020. The largest absolute Gasteiger partial charge is 0.497 e. The summed E-state index contributed by atoms with van der Waals surface area (Å²) in [5.74, 6) is 2.23. The smallest absolute Gasteiger partial charge is 0.254 e. The molecular formula is C24H31N5O3. The van der Waals surface area contributed by atoms with Crippen molar-refractivity contribution in [2.45, 2.75) is 45.2 Å². The van der Waals surface area contributed by atoms with Gasteiger partial charge in [-0.3, -0.25) is 9.59 Å². The van der Waals surface area contributed by atoms with Crippen LogP contribution in [0.15, 0.2) is 24.3 Å². The molecule has 2 amide bonds. The maximum Gasteiger partial charge on any atom is 0.254 e. The highest BCUT2D eigenvalue weighted by Gasteiger charge is 2.33. The lowest BCUT2D eigenvalue weighted by Crippen LogP contribution is -2.40. The fourth-order valence-corrected chi connectivity index (χ4v) is 4.57. The van der Waals surface area contributed by atoms with Gasteiger partial charge in [0.15, 0.2) is 5.82 Å². The molecule has 0 bridgehead atoms. The number of carbonyl (C=O) groups excluding carboxylic acids is 2. The van der Waals surface area contributed by atoms with E-state index in [-0.39, 0.29) is 17.9 Å². The third kappa shape index (κ3) is 4.26. The zero-order chi connectivity index (χ0) is 22.8. The van der Waals surface area contributed by atoms with Crippen LogP contribution >= 0.6 is 0 Å². The van der Waals surface area contributed by atoms with Crippen LogP contribution in [0.25, 0.3) is 0 Å². The number of benzene rings is 1. The van der Waals surface area contributed by atoms with Gasteiger partial charge < -0.3 is 19.4 Å². The molecule has 3 heterocycles. The van der Waals surface area contributed by atoms with Crippen LogP contribution in [-0.4, -0.2) is 65.9 Å². The summed E-state index contributed by atoms with van der Waals surface area (Å²) in [4.78, 5) is 40.9. The van der Waals surface area contributed by atoms with Crippen molar-refractivity contribution in [1.82, 2.24) is 19.8 Å². The van der Waals surface area contributed by atoms with E-state index in [9.17, 15) is 9.59 Å². The summed E-state index contributed by atoms with van der Waals surface area (Å²) in [5.41, 5.74) is 2.59. The minimum Gasteiger partial charge on any atom is -0.497 e. The molecule has 1 atom stereocenters. The van der Waals surface area contributed by atoms with Crippen molar-refractivity contribution in [3.63, 3.8) is 0 Å². The van der Waals surface area contributed by atoms with Crippen LogP contribution in [-0.2, 0) is 17.8 Å². The van der Waals surface area contributed by atoms with Crippen molar-refractivity contribution in [3.05, 3.63) is 46.9 Å². The first-order valence-corrected chi connectivity index (χ1v) is 11.2. The van der Waals surface area contributed by atoms with E-state index in [2.05, 4.69) is 0 Å². The minimum absolute atomic E-state index is 0.0240. The predicted molar refractivity (Wildman–Crippen MR) is 122 cm³/mol. The number of hydrogen-bond acceptors (Lipinski definition) is 6. The summed E-state index contributed by atoms with van der Waals surface area (Å²) in [6, 6.07) is 7.11. The molecule has 1 fully saturated rings. The number of likely N-dealkylation sites (tertiary alicyclic amines) is 1. The summed E-state index contributed by atoms with van der Waals surface area (Å²) in [6.45, 7) is 3.45. The van der Waals surface area contributed by atoms with Gasteiger partial charge in [0.25, 0.3) is 5.91 Å². The van der Waals surface area contributed by atoms with E-state index in [4.69, 9.17) is 14.7 Å². The third-order valence-electron chi connectivity index (χ3n) is 6.30. The lowest BCUT2D eigenvalue weighted by molar-refractivity contribution is -0.129. The Labute approximate surface area is 189 Å². The van der Waals surface area contributed by atoms with Gasteiger partial charge in [0.05, 0.1) is 25.4 Å². The summed E-state index contributed by atoms with van der Waals surface area (Å²) in [6.07, 6.45) is 3.52. The summed E-state index contributed by atoms with van der Waals surface area (Å²) < 4.78 is 5.30. The molecule has 0 N–H and O–H groups in total. The van der Waals surface area contributed by atoms with E-state index in [1.54, 1.807) is 20.1 Å². The number of carbonyl (C=O) groups is 2. The van der Waals surface area contributed by atoms with Gasteiger partial charge in [0.2, 0.25) is 5.91 Å². The number of fused-ring (bicyclic) bond motifs is 1. The van der Waals surface area contributed by atoms with Crippen molar-refractivity contribution >= 4 is 17.6 Å².